The number of hydrogen-bond donors (Lipinski definition) is 2. The number of halogens is 4. The Morgan fingerprint density at radius 1 is 1.19 bits per heavy atom. The van der Waals surface area contributed by atoms with E-state index < -0.39 is 24.4 Å². The molecule has 10 heteroatoms. The first-order valence-electron chi connectivity index (χ1n) is 10.6. The van der Waals surface area contributed by atoms with Gasteiger partial charge in [0.05, 0.1) is 5.69 Å². The molecule has 2 heterocycles. The lowest BCUT2D eigenvalue weighted by molar-refractivity contribution is -0.274. The van der Waals surface area contributed by atoms with Gasteiger partial charge in [-0.2, -0.15) is 0 Å². The van der Waals surface area contributed by atoms with Crippen molar-refractivity contribution in [3.8, 4) is 17.0 Å². The van der Waals surface area contributed by atoms with E-state index in [-0.39, 0.29) is 29.3 Å². The average Bonchev–Trinajstić information content (AvgIpc) is 3.45. The van der Waals surface area contributed by atoms with Crippen LogP contribution in [0.2, 0.25) is 0 Å². The maximum Gasteiger partial charge on any atom is 0.573 e. The van der Waals surface area contributed by atoms with Gasteiger partial charge in [0.2, 0.25) is 0 Å². The number of nitrogens with zero attached hydrogens (tertiary/aromatic N) is 3. The minimum absolute atomic E-state index is 0.100. The molecule has 168 valence electrons. The van der Waals surface area contributed by atoms with Gasteiger partial charge in [0.1, 0.15) is 18.1 Å². The number of nitrogens with two attached hydrogens (primary N) is 1. The van der Waals surface area contributed by atoms with Crippen LogP contribution in [-0.2, 0) is 0 Å². The fraction of sp³-hybridized carbons (Fsp3) is 0.619. The minimum Gasteiger partial charge on any atom is -0.402 e. The second kappa shape index (κ2) is 7.36. The second-order valence-corrected chi connectivity index (χ2v) is 9.07. The van der Waals surface area contributed by atoms with Crippen molar-refractivity contribution in [2.75, 3.05) is 5.73 Å². The number of nitrogen functional groups attached to an aromatic ring is 1. The van der Waals surface area contributed by atoms with Crippen molar-refractivity contribution < 1.29 is 27.4 Å². The van der Waals surface area contributed by atoms with Crippen LogP contribution in [0.1, 0.15) is 56.5 Å². The Balaban J connectivity index is 1.51. The number of fused-ring (bicyclic) bond motifs is 3. The van der Waals surface area contributed by atoms with Crippen LogP contribution in [0.3, 0.4) is 0 Å². The summed E-state index contributed by atoms with van der Waals surface area (Å²) in [7, 11) is 0. The normalized spacial score (nSPS) is 29.2. The smallest absolute Gasteiger partial charge is 0.402 e. The highest BCUT2D eigenvalue weighted by Crippen LogP contribution is 2.50. The van der Waals surface area contributed by atoms with Gasteiger partial charge in [-0.1, -0.05) is 0 Å². The van der Waals surface area contributed by atoms with Gasteiger partial charge in [0.15, 0.2) is 11.6 Å². The molecule has 0 aliphatic heterocycles. The third-order valence-corrected chi connectivity index (χ3v) is 6.78. The number of hydrogen-bond acceptors (Lipinski definition) is 5. The zero-order valence-corrected chi connectivity index (χ0v) is 16.7. The Morgan fingerprint density at radius 3 is 2.61 bits per heavy atom. The molecule has 31 heavy (non-hydrogen) atoms. The van der Waals surface area contributed by atoms with Crippen molar-refractivity contribution in [2.24, 2.45) is 17.8 Å². The van der Waals surface area contributed by atoms with E-state index in [1.807, 2.05) is 4.57 Å². The maximum absolute atomic E-state index is 14.7. The number of aromatic nitrogens is 3. The molecule has 2 aromatic heterocycles. The maximum atomic E-state index is 14.7. The van der Waals surface area contributed by atoms with Gasteiger partial charge in [0, 0.05) is 24.0 Å². The van der Waals surface area contributed by atoms with Crippen molar-refractivity contribution in [1.29, 1.82) is 0 Å². The van der Waals surface area contributed by atoms with E-state index in [0.717, 1.165) is 38.2 Å². The summed E-state index contributed by atoms with van der Waals surface area (Å²) in [5.41, 5.74) is 6.16. The Kier molecular flexibility index (Phi) is 4.87. The van der Waals surface area contributed by atoms with Crippen LogP contribution in [0.15, 0.2) is 18.5 Å². The van der Waals surface area contributed by atoms with Gasteiger partial charge in [-0.3, -0.25) is 0 Å². The summed E-state index contributed by atoms with van der Waals surface area (Å²) in [5, 5.41) is 10.8. The predicted octanol–water partition coefficient (Wildman–Crippen LogP) is 4.57. The van der Waals surface area contributed by atoms with E-state index in [2.05, 4.69) is 14.7 Å². The molecule has 4 fully saturated rings. The van der Waals surface area contributed by atoms with E-state index >= 15 is 0 Å². The number of aliphatic hydroxyl groups excluding tert-OH is 1. The van der Waals surface area contributed by atoms with Crippen LogP contribution < -0.4 is 10.5 Å². The highest BCUT2D eigenvalue weighted by Gasteiger charge is 2.43. The van der Waals surface area contributed by atoms with E-state index in [1.54, 1.807) is 6.20 Å². The van der Waals surface area contributed by atoms with Crippen LogP contribution in [0.25, 0.3) is 11.3 Å². The molecule has 0 spiro atoms. The van der Waals surface area contributed by atoms with Gasteiger partial charge in [-0.05, 0) is 62.3 Å². The fourth-order valence-electron chi connectivity index (χ4n) is 4.92. The van der Waals surface area contributed by atoms with Gasteiger partial charge in [0.25, 0.3) is 0 Å². The van der Waals surface area contributed by atoms with Crippen molar-refractivity contribution in [2.45, 2.75) is 63.2 Å². The molecule has 2 aromatic rings. The topological polar surface area (TPSA) is 86.2 Å². The van der Waals surface area contributed by atoms with Crippen LogP contribution in [0.5, 0.6) is 5.75 Å². The number of ether oxygens (including phenoxy) is 1. The summed E-state index contributed by atoms with van der Waals surface area (Å²) in [6.07, 6.45) is 1.12. The molecule has 6 rings (SSSR count). The molecule has 4 aliphatic carbocycles. The van der Waals surface area contributed by atoms with Crippen molar-refractivity contribution in [3.63, 3.8) is 0 Å². The molecule has 0 amide bonds. The lowest BCUT2D eigenvalue weighted by Gasteiger charge is -2.33. The molecule has 4 aliphatic rings. The molecule has 0 radical (unpaired) electrons. The van der Waals surface area contributed by atoms with Gasteiger partial charge < -0.3 is 20.1 Å². The first-order chi connectivity index (χ1) is 14.7. The summed E-state index contributed by atoms with van der Waals surface area (Å²) >= 11 is 0. The Bertz CT molecular complexity index is 969. The standard InChI is InChI=1S/C21H24F4N4O2/c22-15-7-14(5-10-3-12(15)4-10)29-9-16(28-20(29)18(30)11-1-2-11)13-6-17(19(26)27-8-13)31-21(23,24)25/h6,8-12,14-15,18,30H,1-5,7H2,(H2,26,27). The molecule has 0 saturated heterocycles. The number of imidazole rings is 1. The fourth-order valence-corrected chi connectivity index (χ4v) is 4.92. The van der Waals surface area contributed by atoms with E-state index in [1.165, 1.54) is 6.20 Å². The second-order valence-electron chi connectivity index (χ2n) is 9.07. The molecule has 2 bridgehead atoms. The van der Waals surface area contributed by atoms with Crippen molar-refractivity contribution in [1.82, 2.24) is 14.5 Å². The van der Waals surface area contributed by atoms with E-state index in [0.29, 0.717) is 23.9 Å². The van der Waals surface area contributed by atoms with Crippen LogP contribution in [0, 0.1) is 17.8 Å². The monoisotopic (exact) mass is 440 g/mol. The summed E-state index contributed by atoms with van der Waals surface area (Å²) in [6, 6.07) is 0.988. The van der Waals surface area contributed by atoms with Crippen molar-refractivity contribution >= 4 is 5.82 Å². The number of alkyl halides is 4. The molecule has 3 N–H and O–H groups in total. The summed E-state index contributed by atoms with van der Waals surface area (Å²) in [6.45, 7) is 0. The molecule has 6 nitrogen and oxygen atoms in total. The third kappa shape index (κ3) is 4.09. The Labute approximate surface area is 176 Å². The van der Waals surface area contributed by atoms with Gasteiger partial charge in [-0.15, -0.1) is 13.2 Å². The van der Waals surface area contributed by atoms with E-state index in [4.69, 9.17) is 5.73 Å². The molecule has 3 unspecified atom stereocenters. The Hall–Kier alpha value is -2.36. The molecule has 0 aromatic carbocycles. The lowest BCUT2D eigenvalue weighted by atomic mass is 9.73. The average molecular weight is 440 g/mol. The van der Waals surface area contributed by atoms with Crippen LogP contribution in [0.4, 0.5) is 23.4 Å². The van der Waals surface area contributed by atoms with Crippen LogP contribution >= 0.6 is 0 Å². The van der Waals surface area contributed by atoms with Gasteiger partial charge in [-0.25, -0.2) is 14.4 Å². The highest BCUT2D eigenvalue weighted by atomic mass is 19.4. The third-order valence-electron chi connectivity index (χ3n) is 6.78. The number of aliphatic hydroxyl groups is 1. The van der Waals surface area contributed by atoms with Gasteiger partial charge >= 0.3 is 6.36 Å². The number of rotatable bonds is 5. The number of pyridine rings is 1. The largest absolute Gasteiger partial charge is 0.573 e. The molecular weight excluding hydrogens is 416 g/mol. The quantitative estimate of drug-likeness (QED) is 0.666. The summed E-state index contributed by atoms with van der Waals surface area (Å²) in [5.74, 6) is 0.105. The zero-order valence-electron chi connectivity index (χ0n) is 16.7. The zero-order chi connectivity index (χ0) is 21.9. The molecule has 3 atom stereocenters. The molecular formula is C21H24F4N4O2. The Morgan fingerprint density at radius 2 is 1.94 bits per heavy atom. The SMILES string of the molecule is Nc1ncc(-c2cn(C3CC4CC(C4)C(F)C3)c(C(O)C3CC3)n2)cc1OC(F)(F)F. The van der Waals surface area contributed by atoms with Crippen molar-refractivity contribution in [3.05, 3.63) is 24.3 Å². The number of anilines is 1. The first-order valence-corrected chi connectivity index (χ1v) is 10.6. The molecule has 4 saturated carbocycles. The van der Waals surface area contributed by atoms with E-state index in [9.17, 15) is 22.7 Å². The first kappa shape index (κ1) is 20.5. The predicted molar refractivity (Wildman–Crippen MR) is 104 cm³/mol. The highest BCUT2D eigenvalue weighted by molar-refractivity contribution is 5.64. The van der Waals surface area contributed by atoms with Crippen LogP contribution in [-0.4, -0.2) is 32.2 Å². The lowest BCUT2D eigenvalue weighted by Crippen LogP contribution is -2.27. The summed E-state index contributed by atoms with van der Waals surface area (Å²) < 4.78 is 58.5. The summed E-state index contributed by atoms with van der Waals surface area (Å²) in [4.78, 5) is 8.36. The minimum atomic E-state index is -4.90.